The second-order valence-corrected chi connectivity index (χ2v) is 9.59. The molecule has 7 heteroatoms. The van der Waals surface area contributed by atoms with Crippen LogP contribution in [0.15, 0.2) is 72.9 Å². The van der Waals surface area contributed by atoms with Crippen molar-refractivity contribution in [2.75, 3.05) is 14.2 Å². The zero-order chi connectivity index (χ0) is 26.7. The Hall–Kier alpha value is -4.23. The summed E-state index contributed by atoms with van der Waals surface area (Å²) in [4.78, 5) is 30.7. The topological polar surface area (TPSA) is 101 Å². The third-order valence-corrected chi connectivity index (χ3v) is 7.13. The number of fused-ring (bicyclic) bond motifs is 1. The lowest BCUT2D eigenvalue weighted by Crippen LogP contribution is -2.28. The van der Waals surface area contributed by atoms with Crippen molar-refractivity contribution in [1.29, 1.82) is 0 Å². The molecule has 1 aliphatic carbocycles. The van der Waals surface area contributed by atoms with E-state index in [2.05, 4.69) is 4.98 Å². The van der Waals surface area contributed by atoms with Crippen LogP contribution in [0.5, 0.6) is 23.0 Å². The molecule has 1 aromatic heterocycles. The number of hydrogen-bond donors (Lipinski definition) is 1. The molecule has 7 nitrogen and oxygen atoms in total. The molecule has 194 valence electrons. The van der Waals surface area contributed by atoms with Gasteiger partial charge in [-0.05, 0) is 53.8 Å². The molecule has 0 bridgehead atoms. The summed E-state index contributed by atoms with van der Waals surface area (Å²) < 4.78 is 16.9. The zero-order valence-corrected chi connectivity index (χ0v) is 21.5. The lowest BCUT2D eigenvalue weighted by atomic mass is 9.87. The van der Waals surface area contributed by atoms with Gasteiger partial charge in [-0.25, -0.2) is 0 Å². The second-order valence-electron chi connectivity index (χ2n) is 9.59. The summed E-state index contributed by atoms with van der Waals surface area (Å²) in [5, 5.41) is 0.788. The number of carbonyl (C=O) groups is 2. The summed E-state index contributed by atoms with van der Waals surface area (Å²) >= 11 is 0. The van der Waals surface area contributed by atoms with Crippen molar-refractivity contribution in [3.05, 3.63) is 89.6 Å². The zero-order valence-electron chi connectivity index (χ0n) is 21.5. The molecule has 5 rings (SSSR count). The maximum absolute atomic E-state index is 13.2. The largest absolute Gasteiger partial charge is 0.493 e. The van der Waals surface area contributed by atoms with Gasteiger partial charge in [-0.1, -0.05) is 36.4 Å². The highest BCUT2D eigenvalue weighted by Gasteiger charge is 2.54. The molecule has 3 aromatic carbocycles. The molecule has 2 N–H and O–H groups in total. The monoisotopic (exact) mass is 510 g/mol. The molecule has 1 saturated carbocycles. The van der Waals surface area contributed by atoms with Crippen LogP contribution in [0.3, 0.4) is 0 Å². The van der Waals surface area contributed by atoms with Crippen molar-refractivity contribution >= 4 is 22.5 Å². The smallest absolute Gasteiger partial charge is 0.162 e. The minimum Gasteiger partial charge on any atom is -0.493 e. The standard InChI is InChI=1S/C31H30N2O5/c1-36-27-17-24-25(18-28(27)37-2)33-13-10-26(24)38-23-8-6-20(7-9-23)15-29(34)31(11-12-31)30(35)16-21-4-3-5-22(14-21)19-32/h3-10,13-14,17-18H,11-12,15-16,19,32H2,1-2H3. The van der Waals surface area contributed by atoms with E-state index in [1.807, 2.05) is 54.6 Å². The average molecular weight is 511 g/mol. The number of Topliss-reactive ketones (excluding diaryl/α,β-unsaturated/α-hetero) is 2. The molecule has 4 aromatic rings. The fraction of sp³-hybridized carbons (Fsp3) is 0.258. The summed E-state index contributed by atoms with van der Waals surface area (Å²) in [5.74, 6) is 2.40. The number of ketones is 2. The number of rotatable bonds is 11. The number of methoxy groups -OCH3 is 2. The van der Waals surface area contributed by atoms with Crippen molar-refractivity contribution in [2.24, 2.45) is 11.1 Å². The number of carbonyl (C=O) groups excluding carboxylic acids is 2. The van der Waals surface area contributed by atoms with Gasteiger partial charge in [0.25, 0.3) is 0 Å². The fourth-order valence-electron chi connectivity index (χ4n) is 4.75. The predicted molar refractivity (Wildman–Crippen MR) is 145 cm³/mol. The minimum absolute atomic E-state index is 0.00625. The molecule has 1 aliphatic rings. The van der Waals surface area contributed by atoms with Crippen molar-refractivity contribution in [2.45, 2.75) is 32.2 Å². The Morgan fingerprint density at radius 1 is 0.816 bits per heavy atom. The van der Waals surface area contributed by atoms with E-state index in [9.17, 15) is 9.59 Å². The SMILES string of the molecule is COc1cc2nccc(Oc3ccc(CC(=O)C4(C(=O)Cc5cccc(CN)c5)CC4)cc3)c2cc1OC. The summed E-state index contributed by atoms with van der Waals surface area (Å²) in [6.45, 7) is 0.423. The fourth-order valence-corrected chi connectivity index (χ4v) is 4.75. The van der Waals surface area contributed by atoms with Gasteiger partial charge in [0.1, 0.15) is 11.5 Å². The maximum atomic E-state index is 13.2. The van der Waals surface area contributed by atoms with E-state index in [1.165, 1.54) is 0 Å². The Morgan fingerprint density at radius 3 is 2.13 bits per heavy atom. The lowest BCUT2D eigenvalue weighted by Gasteiger charge is -2.14. The predicted octanol–water partition coefficient (Wildman–Crippen LogP) is 5.21. The number of aromatic nitrogens is 1. The Morgan fingerprint density at radius 2 is 1.47 bits per heavy atom. The van der Waals surface area contributed by atoms with Crippen molar-refractivity contribution in [3.8, 4) is 23.0 Å². The summed E-state index contributed by atoms with van der Waals surface area (Å²) in [6.07, 6.45) is 3.37. The van der Waals surface area contributed by atoms with E-state index in [0.717, 1.165) is 27.6 Å². The highest BCUT2D eigenvalue weighted by Crippen LogP contribution is 2.49. The van der Waals surface area contributed by atoms with Gasteiger partial charge in [-0.3, -0.25) is 14.6 Å². The van der Waals surface area contributed by atoms with Crippen LogP contribution in [0.1, 0.15) is 29.5 Å². The summed E-state index contributed by atoms with van der Waals surface area (Å²) in [7, 11) is 3.16. The third kappa shape index (κ3) is 5.10. The number of hydrogen-bond acceptors (Lipinski definition) is 7. The van der Waals surface area contributed by atoms with Crippen LogP contribution in [-0.4, -0.2) is 30.8 Å². The maximum Gasteiger partial charge on any atom is 0.162 e. The Balaban J connectivity index is 1.27. The minimum atomic E-state index is -0.857. The molecule has 0 saturated heterocycles. The first-order valence-corrected chi connectivity index (χ1v) is 12.6. The third-order valence-electron chi connectivity index (χ3n) is 7.13. The Bertz CT molecular complexity index is 1490. The van der Waals surface area contributed by atoms with Crippen molar-refractivity contribution in [1.82, 2.24) is 4.98 Å². The van der Waals surface area contributed by atoms with Crippen molar-refractivity contribution < 1.29 is 23.8 Å². The van der Waals surface area contributed by atoms with Crippen LogP contribution in [0.25, 0.3) is 10.9 Å². The number of nitrogens with zero attached hydrogens (tertiary/aromatic N) is 1. The van der Waals surface area contributed by atoms with Crippen molar-refractivity contribution in [3.63, 3.8) is 0 Å². The van der Waals surface area contributed by atoms with Gasteiger partial charge in [-0.15, -0.1) is 0 Å². The molecule has 0 spiro atoms. The van der Waals surface area contributed by atoms with Gasteiger partial charge in [-0.2, -0.15) is 0 Å². The lowest BCUT2D eigenvalue weighted by molar-refractivity contribution is -0.133. The Kier molecular flexibility index (Phi) is 7.11. The van der Waals surface area contributed by atoms with Gasteiger partial charge in [0.15, 0.2) is 23.1 Å². The first kappa shape index (κ1) is 25.4. The molecule has 0 amide bonds. The highest BCUT2D eigenvalue weighted by molar-refractivity contribution is 6.11. The number of benzene rings is 3. The highest BCUT2D eigenvalue weighted by atomic mass is 16.5. The van der Waals surface area contributed by atoms with E-state index in [4.69, 9.17) is 19.9 Å². The van der Waals surface area contributed by atoms with E-state index < -0.39 is 5.41 Å². The van der Waals surface area contributed by atoms with Crippen LogP contribution < -0.4 is 19.9 Å². The molecular weight excluding hydrogens is 480 g/mol. The molecule has 0 atom stereocenters. The van der Waals surface area contributed by atoms with Crippen LogP contribution in [0.4, 0.5) is 0 Å². The van der Waals surface area contributed by atoms with E-state index in [-0.39, 0.29) is 24.4 Å². The molecule has 0 aliphatic heterocycles. The summed E-state index contributed by atoms with van der Waals surface area (Å²) in [5.41, 5.74) is 8.31. The van der Waals surface area contributed by atoms with Gasteiger partial charge in [0.05, 0.1) is 25.2 Å². The number of pyridine rings is 1. The first-order valence-electron chi connectivity index (χ1n) is 12.6. The van der Waals surface area contributed by atoms with E-state index >= 15 is 0 Å². The molecular formula is C31H30N2O5. The Labute approximate surface area is 221 Å². The molecule has 38 heavy (non-hydrogen) atoms. The quantitative estimate of drug-likeness (QED) is 0.277. The van der Waals surface area contributed by atoms with Crippen LogP contribution >= 0.6 is 0 Å². The van der Waals surface area contributed by atoms with Crippen LogP contribution in [-0.2, 0) is 29.0 Å². The van der Waals surface area contributed by atoms with Crippen LogP contribution in [0, 0.1) is 5.41 Å². The summed E-state index contributed by atoms with van der Waals surface area (Å²) in [6, 6.07) is 20.5. The second kappa shape index (κ2) is 10.6. The van der Waals surface area contributed by atoms with Crippen LogP contribution in [0.2, 0.25) is 0 Å². The van der Waals surface area contributed by atoms with Gasteiger partial charge in [0.2, 0.25) is 0 Å². The molecule has 1 fully saturated rings. The number of ether oxygens (including phenoxy) is 3. The van der Waals surface area contributed by atoms with E-state index in [0.29, 0.717) is 42.4 Å². The van der Waals surface area contributed by atoms with Gasteiger partial charge < -0.3 is 19.9 Å². The first-order chi connectivity index (χ1) is 18.5. The average Bonchev–Trinajstić information content (AvgIpc) is 3.76. The van der Waals surface area contributed by atoms with Gasteiger partial charge >= 0.3 is 0 Å². The normalized spacial score (nSPS) is 13.7. The van der Waals surface area contributed by atoms with E-state index in [1.54, 1.807) is 32.5 Å². The molecule has 1 heterocycles. The molecule has 0 radical (unpaired) electrons. The van der Waals surface area contributed by atoms with Gasteiger partial charge in [0, 0.05) is 37.0 Å². The number of nitrogens with two attached hydrogens (primary N) is 1. The molecule has 0 unspecified atom stereocenters.